The minimum atomic E-state index is -0.128. The minimum Gasteiger partial charge on any atom is -0.501 e. The monoisotopic (exact) mass is 394 g/mol. The fourth-order valence-electron chi connectivity index (χ4n) is 2.77. The summed E-state index contributed by atoms with van der Waals surface area (Å²) >= 11 is 0. The van der Waals surface area contributed by atoms with Crippen molar-refractivity contribution in [2.24, 2.45) is 11.1 Å². The van der Waals surface area contributed by atoms with Crippen LogP contribution in [0.25, 0.3) is 0 Å². The van der Waals surface area contributed by atoms with Gasteiger partial charge in [0.2, 0.25) is 0 Å². The number of oxime groups is 1. The van der Waals surface area contributed by atoms with Gasteiger partial charge in [0, 0.05) is 25.1 Å². The Kier molecular flexibility index (Phi) is 8.14. The number of ether oxygens (including phenoxy) is 2. The Bertz CT molecular complexity index is 803. The van der Waals surface area contributed by atoms with Crippen molar-refractivity contribution in [3.8, 4) is 5.75 Å². The van der Waals surface area contributed by atoms with Gasteiger partial charge in [0.15, 0.2) is 6.61 Å². The lowest BCUT2D eigenvalue weighted by Gasteiger charge is -2.17. The lowest BCUT2D eigenvalue weighted by atomic mass is 10.1. The van der Waals surface area contributed by atoms with E-state index >= 15 is 0 Å². The van der Waals surface area contributed by atoms with Crippen LogP contribution in [0, 0.1) is 5.92 Å². The molecule has 3 rings (SSSR count). The van der Waals surface area contributed by atoms with Gasteiger partial charge >= 0.3 is 0 Å². The summed E-state index contributed by atoms with van der Waals surface area (Å²) in [5.74, 6) is 0.856. The van der Waals surface area contributed by atoms with E-state index in [9.17, 15) is 4.79 Å². The maximum absolute atomic E-state index is 11.9. The fourth-order valence-corrected chi connectivity index (χ4v) is 2.77. The molecule has 0 aromatic heterocycles. The molecule has 6 heteroatoms. The summed E-state index contributed by atoms with van der Waals surface area (Å²) in [5.41, 5.74) is 2.17. The maximum Gasteiger partial charge on any atom is 0.257 e. The topological polar surface area (TPSA) is 69.2 Å². The van der Waals surface area contributed by atoms with Crippen LogP contribution in [-0.4, -0.2) is 31.9 Å². The van der Waals surface area contributed by atoms with Crippen LogP contribution in [-0.2, 0) is 27.4 Å². The number of nitrogens with zero attached hydrogens (tertiary/aromatic N) is 1. The number of rotatable bonds is 10. The van der Waals surface area contributed by atoms with Crippen molar-refractivity contribution in [3.05, 3.63) is 78.1 Å². The van der Waals surface area contributed by atoms with Crippen molar-refractivity contribution in [2.45, 2.75) is 19.4 Å². The predicted octanol–water partition coefficient (Wildman–Crippen LogP) is 3.48. The van der Waals surface area contributed by atoms with Gasteiger partial charge in [-0.1, -0.05) is 47.6 Å². The molecule has 29 heavy (non-hydrogen) atoms. The zero-order valence-electron chi connectivity index (χ0n) is 16.3. The van der Waals surface area contributed by atoms with Crippen LogP contribution in [0.2, 0.25) is 0 Å². The Labute approximate surface area is 171 Å². The van der Waals surface area contributed by atoms with E-state index in [0.717, 1.165) is 17.5 Å². The van der Waals surface area contributed by atoms with E-state index in [2.05, 4.69) is 10.5 Å². The molecule has 1 aliphatic rings. The van der Waals surface area contributed by atoms with Gasteiger partial charge in [-0.15, -0.1) is 0 Å². The second kappa shape index (κ2) is 11.5. The van der Waals surface area contributed by atoms with Gasteiger partial charge in [-0.3, -0.25) is 4.79 Å². The molecular formula is C23H26N2O4. The molecule has 6 nitrogen and oxygen atoms in total. The first-order valence-electron chi connectivity index (χ1n) is 9.74. The van der Waals surface area contributed by atoms with Crippen LogP contribution >= 0.6 is 0 Å². The molecule has 1 aliphatic heterocycles. The highest BCUT2D eigenvalue weighted by atomic mass is 16.6. The quantitative estimate of drug-likeness (QED) is 0.495. The lowest BCUT2D eigenvalue weighted by Crippen LogP contribution is -2.33. The summed E-state index contributed by atoms with van der Waals surface area (Å²) in [5, 5.41) is 6.86. The van der Waals surface area contributed by atoms with Crippen molar-refractivity contribution in [3.63, 3.8) is 0 Å². The van der Waals surface area contributed by atoms with E-state index < -0.39 is 0 Å². The lowest BCUT2D eigenvalue weighted by molar-refractivity contribution is -0.123. The molecule has 1 heterocycles. The van der Waals surface area contributed by atoms with E-state index in [-0.39, 0.29) is 12.5 Å². The molecule has 2 aromatic carbocycles. The number of nitrogens with one attached hydrogen (secondary N) is 1. The molecule has 1 unspecified atom stereocenters. The van der Waals surface area contributed by atoms with Gasteiger partial charge in [0.25, 0.3) is 5.91 Å². The SMILES string of the molecule is O=C(COc1ccc(CC=NOCc2ccccc2)cc1)NCC1C=COCC1. The molecule has 0 spiro atoms. The third-order valence-corrected chi connectivity index (χ3v) is 4.46. The highest BCUT2D eigenvalue weighted by Gasteiger charge is 2.11. The summed E-state index contributed by atoms with van der Waals surface area (Å²) in [4.78, 5) is 17.2. The largest absolute Gasteiger partial charge is 0.501 e. The van der Waals surface area contributed by atoms with Crippen LogP contribution in [0.5, 0.6) is 5.75 Å². The zero-order valence-corrected chi connectivity index (χ0v) is 16.3. The second-order valence-corrected chi connectivity index (χ2v) is 6.74. The predicted molar refractivity (Wildman–Crippen MR) is 112 cm³/mol. The van der Waals surface area contributed by atoms with E-state index in [1.54, 1.807) is 12.5 Å². The Hall–Kier alpha value is -3.28. The Morgan fingerprint density at radius 3 is 2.72 bits per heavy atom. The molecule has 0 fully saturated rings. The van der Waals surface area contributed by atoms with Gasteiger partial charge in [-0.25, -0.2) is 0 Å². The Morgan fingerprint density at radius 1 is 1.14 bits per heavy atom. The number of carbonyl (C=O) groups is 1. The van der Waals surface area contributed by atoms with Crippen molar-refractivity contribution in [2.75, 3.05) is 19.8 Å². The average molecular weight is 394 g/mol. The zero-order chi connectivity index (χ0) is 20.2. The van der Waals surface area contributed by atoms with Crippen molar-refractivity contribution >= 4 is 12.1 Å². The molecule has 0 saturated heterocycles. The number of benzene rings is 2. The van der Waals surface area contributed by atoms with Crippen LogP contribution < -0.4 is 10.1 Å². The van der Waals surface area contributed by atoms with Gasteiger partial charge in [0.05, 0.1) is 12.9 Å². The minimum absolute atomic E-state index is 0.00106. The normalized spacial score (nSPS) is 15.7. The molecule has 1 N–H and O–H groups in total. The van der Waals surface area contributed by atoms with E-state index in [0.29, 0.717) is 37.8 Å². The molecule has 1 atom stereocenters. The van der Waals surface area contributed by atoms with Crippen LogP contribution in [0.4, 0.5) is 0 Å². The maximum atomic E-state index is 11.9. The first-order chi connectivity index (χ1) is 14.3. The Morgan fingerprint density at radius 2 is 1.97 bits per heavy atom. The number of carbonyl (C=O) groups excluding carboxylic acids is 1. The van der Waals surface area contributed by atoms with Gasteiger partial charge in [-0.2, -0.15) is 0 Å². The van der Waals surface area contributed by atoms with Crippen molar-refractivity contribution in [1.82, 2.24) is 5.32 Å². The Balaban J connectivity index is 1.32. The molecular weight excluding hydrogens is 368 g/mol. The van der Waals surface area contributed by atoms with Crippen molar-refractivity contribution < 1.29 is 19.1 Å². The van der Waals surface area contributed by atoms with E-state index in [1.165, 1.54) is 0 Å². The number of hydrogen-bond acceptors (Lipinski definition) is 5. The van der Waals surface area contributed by atoms with Gasteiger partial charge in [0.1, 0.15) is 12.4 Å². The smallest absolute Gasteiger partial charge is 0.257 e. The molecule has 0 bridgehead atoms. The van der Waals surface area contributed by atoms with Gasteiger partial charge in [-0.05, 0) is 35.8 Å². The highest BCUT2D eigenvalue weighted by molar-refractivity contribution is 5.77. The fraction of sp³-hybridized carbons (Fsp3) is 0.304. The molecule has 152 valence electrons. The number of hydrogen-bond donors (Lipinski definition) is 1. The average Bonchev–Trinajstić information content (AvgIpc) is 2.78. The second-order valence-electron chi connectivity index (χ2n) is 6.74. The summed E-state index contributed by atoms with van der Waals surface area (Å²) in [6, 6.07) is 17.5. The third-order valence-electron chi connectivity index (χ3n) is 4.46. The van der Waals surface area contributed by atoms with Crippen molar-refractivity contribution in [1.29, 1.82) is 0 Å². The third kappa shape index (κ3) is 7.70. The molecule has 0 aliphatic carbocycles. The van der Waals surface area contributed by atoms with E-state index in [4.69, 9.17) is 14.3 Å². The number of amides is 1. The summed E-state index contributed by atoms with van der Waals surface area (Å²) in [6.07, 6.45) is 6.97. The molecule has 1 amide bonds. The standard InChI is InChI=1S/C23H26N2O4/c26-23(24-16-20-11-14-27-15-12-20)18-28-22-8-6-19(7-9-22)10-13-25-29-17-21-4-2-1-3-5-21/h1-9,11,13-14,20H,10,12,15-18H2,(H,24,26). The molecule has 2 aromatic rings. The molecule has 0 saturated carbocycles. The van der Waals surface area contributed by atoms with Crippen LogP contribution in [0.1, 0.15) is 17.5 Å². The van der Waals surface area contributed by atoms with Gasteiger partial charge < -0.3 is 19.6 Å². The van der Waals surface area contributed by atoms with Crippen LogP contribution in [0.3, 0.4) is 0 Å². The first kappa shape index (κ1) is 20.5. The summed E-state index contributed by atoms with van der Waals surface area (Å²) < 4.78 is 10.7. The highest BCUT2D eigenvalue weighted by Crippen LogP contribution is 2.13. The van der Waals surface area contributed by atoms with Crippen LogP contribution in [0.15, 0.2) is 72.1 Å². The van der Waals surface area contributed by atoms with E-state index in [1.807, 2.05) is 60.7 Å². The summed E-state index contributed by atoms with van der Waals surface area (Å²) in [7, 11) is 0. The summed E-state index contributed by atoms with van der Waals surface area (Å²) in [6.45, 7) is 1.76. The first-order valence-corrected chi connectivity index (χ1v) is 9.74. The molecule has 0 radical (unpaired) electrons.